The Labute approximate surface area is 152 Å². The minimum absolute atomic E-state index is 0.0226. The van der Waals surface area contributed by atoms with Gasteiger partial charge in [0.15, 0.2) is 0 Å². The summed E-state index contributed by atoms with van der Waals surface area (Å²) in [6.45, 7) is 4.44. The van der Waals surface area contributed by atoms with Crippen LogP contribution in [-0.2, 0) is 14.4 Å². The number of fused-ring (bicyclic) bond motifs is 1. The van der Waals surface area contributed by atoms with Crippen molar-refractivity contribution < 1.29 is 14.4 Å². The minimum atomic E-state index is -0.538. The number of likely N-dealkylation sites (tertiary alicyclic amines) is 1. The van der Waals surface area contributed by atoms with Gasteiger partial charge in [-0.05, 0) is 30.9 Å². The second kappa shape index (κ2) is 6.39. The number of benzene rings is 1. The quantitative estimate of drug-likeness (QED) is 0.720. The summed E-state index contributed by atoms with van der Waals surface area (Å²) in [5.74, 6) is -0.519. The van der Waals surface area contributed by atoms with Crippen molar-refractivity contribution in [3.63, 3.8) is 0 Å². The van der Waals surface area contributed by atoms with Crippen molar-refractivity contribution in [3.05, 3.63) is 29.3 Å². The van der Waals surface area contributed by atoms with Crippen LogP contribution in [0.2, 0.25) is 0 Å². The summed E-state index contributed by atoms with van der Waals surface area (Å²) in [6.07, 6.45) is 1.39. The monoisotopic (exact) mass is 356 g/mol. The molecule has 2 fully saturated rings. The molecular weight excluding hydrogens is 332 g/mol. The number of carbonyl (C=O) groups is 3. The first kappa shape index (κ1) is 17.0. The van der Waals surface area contributed by atoms with Crippen molar-refractivity contribution in [2.45, 2.75) is 37.6 Å². The fraction of sp³-hybridized carbons (Fsp3) is 0.526. The van der Waals surface area contributed by atoms with E-state index in [4.69, 9.17) is 0 Å². The summed E-state index contributed by atoms with van der Waals surface area (Å²) >= 11 is 0. The maximum atomic E-state index is 12.8. The van der Waals surface area contributed by atoms with E-state index in [1.54, 1.807) is 4.90 Å². The van der Waals surface area contributed by atoms with Crippen LogP contribution >= 0.6 is 0 Å². The second-order valence-electron chi connectivity index (χ2n) is 7.43. The lowest BCUT2D eigenvalue weighted by Crippen LogP contribution is -2.66. The largest absolute Gasteiger partial charge is 0.353 e. The maximum Gasteiger partial charge on any atom is 0.240 e. The Morgan fingerprint density at radius 1 is 1.23 bits per heavy atom. The van der Waals surface area contributed by atoms with Gasteiger partial charge in [-0.3, -0.25) is 14.4 Å². The van der Waals surface area contributed by atoms with Crippen LogP contribution in [0.25, 0.3) is 0 Å². The van der Waals surface area contributed by atoms with Crippen LogP contribution in [0.1, 0.15) is 36.3 Å². The normalized spacial score (nSPS) is 24.2. The highest BCUT2D eigenvalue weighted by atomic mass is 16.2. The first-order chi connectivity index (χ1) is 12.5. The van der Waals surface area contributed by atoms with Crippen LogP contribution in [0.5, 0.6) is 0 Å². The van der Waals surface area contributed by atoms with E-state index in [2.05, 4.69) is 16.0 Å². The van der Waals surface area contributed by atoms with E-state index in [1.807, 2.05) is 25.1 Å². The summed E-state index contributed by atoms with van der Waals surface area (Å²) in [4.78, 5) is 39.1. The highest BCUT2D eigenvalue weighted by Crippen LogP contribution is 2.37. The van der Waals surface area contributed by atoms with Gasteiger partial charge in [0.25, 0.3) is 0 Å². The molecule has 1 unspecified atom stereocenters. The first-order valence-corrected chi connectivity index (χ1v) is 9.22. The molecule has 7 heteroatoms. The molecule has 3 heterocycles. The molecular formula is C19H24N4O3. The molecule has 0 saturated carbocycles. The average Bonchev–Trinajstić information content (AvgIpc) is 2.96. The Morgan fingerprint density at radius 2 is 2.00 bits per heavy atom. The molecule has 0 aromatic heterocycles. The van der Waals surface area contributed by atoms with Gasteiger partial charge < -0.3 is 20.9 Å². The lowest BCUT2D eigenvalue weighted by atomic mass is 9.84. The molecule has 3 aliphatic rings. The van der Waals surface area contributed by atoms with Crippen molar-refractivity contribution in [2.24, 2.45) is 0 Å². The number of rotatable bonds is 2. The predicted octanol–water partition coefficient (Wildman–Crippen LogP) is 0.501. The first-order valence-electron chi connectivity index (χ1n) is 9.22. The number of para-hydroxylation sites is 1. The molecule has 4 rings (SSSR count). The molecule has 3 amide bonds. The number of hydrogen-bond donors (Lipinski definition) is 3. The molecule has 0 radical (unpaired) electrons. The molecule has 3 aliphatic heterocycles. The lowest BCUT2D eigenvalue weighted by molar-refractivity contribution is -0.139. The molecule has 0 bridgehead atoms. The summed E-state index contributed by atoms with van der Waals surface area (Å²) in [7, 11) is 0. The predicted molar refractivity (Wildman–Crippen MR) is 96.7 cm³/mol. The van der Waals surface area contributed by atoms with Crippen LogP contribution in [0, 0.1) is 6.92 Å². The SMILES string of the molecule is Cc1cccc2c1NC(=O)C2CC(=O)N1CCC2(CC1)NCCNC2=O. The minimum Gasteiger partial charge on any atom is -0.353 e. The standard InChI is InChI=1S/C19H24N4O3/c1-12-3-2-4-13-14(17(25)22-16(12)13)11-15(24)23-9-5-19(6-10-23)18(26)20-7-8-21-19/h2-4,14,21H,5-11H2,1H3,(H,20,26)(H,22,25). The fourth-order valence-corrected chi connectivity index (χ4v) is 4.28. The molecule has 1 aromatic rings. The van der Waals surface area contributed by atoms with E-state index in [-0.39, 0.29) is 24.1 Å². The van der Waals surface area contributed by atoms with E-state index < -0.39 is 11.5 Å². The Hall–Kier alpha value is -2.41. The average molecular weight is 356 g/mol. The van der Waals surface area contributed by atoms with Gasteiger partial charge in [0.1, 0.15) is 5.54 Å². The van der Waals surface area contributed by atoms with Crippen molar-refractivity contribution in [2.75, 3.05) is 31.5 Å². The van der Waals surface area contributed by atoms with E-state index in [1.165, 1.54) is 0 Å². The second-order valence-corrected chi connectivity index (χ2v) is 7.43. The zero-order valence-electron chi connectivity index (χ0n) is 14.9. The van der Waals surface area contributed by atoms with Crippen LogP contribution in [0.3, 0.4) is 0 Å². The third-order valence-electron chi connectivity index (χ3n) is 5.90. The zero-order valence-corrected chi connectivity index (χ0v) is 14.9. The zero-order chi connectivity index (χ0) is 18.3. The molecule has 7 nitrogen and oxygen atoms in total. The Morgan fingerprint density at radius 3 is 2.73 bits per heavy atom. The Balaban J connectivity index is 1.42. The van der Waals surface area contributed by atoms with Gasteiger partial charge in [-0.25, -0.2) is 0 Å². The lowest BCUT2D eigenvalue weighted by Gasteiger charge is -2.43. The molecule has 2 saturated heterocycles. The number of piperazine rings is 1. The number of piperidine rings is 1. The third kappa shape index (κ3) is 2.76. The number of hydrogen-bond acceptors (Lipinski definition) is 4. The van der Waals surface area contributed by atoms with Gasteiger partial charge in [-0.1, -0.05) is 18.2 Å². The molecule has 138 valence electrons. The topological polar surface area (TPSA) is 90.5 Å². The highest BCUT2D eigenvalue weighted by molar-refractivity contribution is 6.05. The van der Waals surface area contributed by atoms with E-state index in [0.29, 0.717) is 32.5 Å². The summed E-state index contributed by atoms with van der Waals surface area (Å²) in [6, 6.07) is 5.79. The summed E-state index contributed by atoms with van der Waals surface area (Å²) in [5, 5.41) is 9.14. The van der Waals surface area contributed by atoms with Gasteiger partial charge in [-0.2, -0.15) is 0 Å². The van der Waals surface area contributed by atoms with Gasteiger partial charge in [0.2, 0.25) is 17.7 Å². The van der Waals surface area contributed by atoms with Crippen LogP contribution < -0.4 is 16.0 Å². The molecule has 1 aromatic carbocycles. The van der Waals surface area contributed by atoms with Crippen LogP contribution in [0.4, 0.5) is 5.69 Å². The fourth-order valence-electron chi connectivity index (χ4n) is 4.28. The molecule has 26 heavy (non-hydrogen) atoms. The van der Waals surface area contributed by atoms with Crippen LogP contribution in [0.15, 0.2) is 18.2 Å². The van der Waals surface area contributed by atoms with E-state index in [0.717, 1.165) is 23.4 Å². The molecule has 3 N–H and O–H groups in total. The van der Waals surface area contributed by atoms with E-state index in [9.17, 15) is 14.4 Å². The number of anilines is 1. The molecule has 1 spiro atoms. The number of nitrogens with zero attached hydrogens (tertiary/aromatic N) is 1. The highest BCUT2D eigenvalue weighted by Gasteiger charge is 2.44. The number of carbonyl (C=O) groups excluding carboxylic acids is 3. The smallest absolute Gasteiger partial charge is 0.240 e. The van der Waals surface area contributed by atoms with Crippen LogP contribution in [-0.4, -0.2) is 54.3 Å². The van der Waals surface area contributed by atoms with Crippen molar-refractivity contribution in [1.29, 1.82) is 0 Å². The summed E-state index contributed by atoms with van der Waals surface area (Å²) in [5.41, 5.74) is 2.23. The van der Waals surface area contributed by atoms with Gasteiger partial charge in [-0.15, -0.1) is 0 Å². The molecule has 1 atom stereocenters. The van der Waals surface area contributed by atoms with Gasteiger partial charge >= 0.3 is 0 Å². The van der Waals surface area contributed by atoms with Gasteiger partial charge in [0, 0.05) is 38.3 Å². The van der Waals surface area contributed by atoms with E-state index >= 15 is 0 Å². The number of aryl methyl sites for hydroxylation is 1. The Kier molecular flexibility index (Phi) is 4.19. The number of amides is 3. The van der Waals surface area contributed by atoms with Gasteiger partial charge in [0.05, 0.1) is 5.92 Å². The maximum absolute atomic E-state index is 12.8. The van der Waals surface area contributed by atoms with Crippen molar-refractivity contribution >= 4 is 23.4 Å². The van der Waals surface area contributed by atoms with Crippen molar-refractivity contribution in [3.8, 4) is 0 Å². The number of nitrogens with one attached hydrogen (secondary N) is 3. The Bertz CT molecular complexity index is 768. The van der Waals surface area contributed by atoms with Crippen molar-refractivity contribution in [1.82, 2.24) is 15.5 Å². The molecule has 0 aliphatic carbocycles. The third-order valence-corrected chi connectivity index (χ3v) is 5.90. The summed E-state index contributed by atoms with van der Waals surface area (Å²) < 4.78 is 0.